The highest BCUT2D eigenvalue weighted by atomic mass is 16.4. The molecule has 0 aliphatic carbocycles. The third kappa shape index (κ3) is 3.19. The lowest BCUT2D eigenvalue weighted by Gasteiger charge is -2.18. The molecule has 0 aromatic carbocycles. The van der Waals surface area contributed by atoms with Crippen molar-refractivity contribution in [2.75, 3.05) is 5.32 Å². The molecule has 1 heterocycles. The van der Waals surface area contributed by atoms with E-state index in [0.717, 1.165) is 5.69 Å². The summed E-state index contributed by atoms with van der Waals surface area (Å²) in [5, 5.41) is 11.8. The first kappa shape index (κ1) is 11.4. The molecule has 1 rings (SSSR count). The van der Waals surface area contributed by atoms with Gasteiger partial charge in [0.15, 0.2) is 0 Å². The Morgan fingerprint density at radius 3 is 2.60 bits per heavy atom. The summed E-state index contributed by atoms with van der Waals surface area (Å²) in [6, 6.07) is 1.09. The average Bonchev–Trinajstić information content (AvgIpc) is 2.13. The molecule has 5 nitrogen and oxygen atoms in total. The van der Waals surface area contributed by atoms with Gasteiger partial charge in [-0.2, -0.15) is 0 Å². The number of hydrogen-bond donors (Lipinski definition) is 2. The molecule has 2 N–H and O–H groups in total. The Kier molecular flexibility index (Phi) is 3.60. The summed E-state index contributed by atoms with van der Waals surface area (Å²) in [6.07, 6.45) is 1.41. The zero-order chi connectivity index (χ0) is 11.4. The number of rotatable bonds is 4. The normalized spacial score (nSPS) is 12.5. The van der Waals surface area contributed by atoms with E-state index < -0.39 is 12.0 Å². The van der Waals surface area contributed by atoms with Gasteiger partial charge < -0.3 is 10.4 Å². The van der Waals surface area contributed by atoms with E-state index in [4.69, 9.17) is 5.11 Å². The number of aryl methyl sites for hydroxylation is 1. The van der Waals surface area contributed by atoms with Crippen LogP contribution in [-0.4, -0.2) is 27.1 Å². The van der Waals surface area contributed by atoms with Gasteiger partial charge in [-0.3, -0.25) is 0 Å². The largest absolute Gasteiger partial charge is 0.480 e. The average molecular weight is 209 g/mol. The van der Waals surface area contributed by atoms with Crippen molar-refractivity contribution in [2.45, 2.75) is 26.8 Å². The first-order chi connectivity index (χ1) is 7.00. The van der Waals surface area contributed by atoms with Crippen LogP contribution in [0.4, 0.5) is 5.82 Å². The zero-order valence-corrected chi connectivity index (χ0v) is 9.06. The predicted octanol–water partition coefficient (Wildman–Crippen LogP) is 1.31. The molecule has 0 amide bonds. The zero-order valence-electron chi connectivity index (χ0n) is 9.06. The van der Waals surface area contributed by atoms with Crippen LogP contribution in [0, 0.1) is 12.8 Å². The van der Waals surface area contributed by atoms with Crippen molar-refractivity contribution in [3.05, 3.63) is 18.1 Å². The SMILES string of the molecule is Cc1cc(N[C@@H](C(=O)O)C(C)C)ncn1. The van der Waals surface area contributed by atoms with E-state index >= 15 is 0 Å². The molecular formula is C10H15N3O2. The molecule has 82 valence electrons. The van der Waals surface area contributed by atoms with Crippen LogP contribution in [0.2, 0.25) is 0 Å². The number of aliphatic carboxylic acids is 1. The molecule has 0 unspecified atom stereocenters. The van der Waals surface area contributed by atoms with Crippen molar-refractivity contribution in [1.82, 2.24) is 9.97 Å². The second-order valence-corrected chi connectivity index (χ2v) is 3.75. The van der Waals surface area contributed by atoms with Gasteiger partial charge in [-0.15, -0.1) is 0 Å². The molecule has 1 atom stereocenters. The maximum Gasteiger partial charge on any atom is 0.326 e. The number of nitrogens with one attached hydrogen (secondary N) is 1. The number of hydrogen-bond acceptors (Lipinski definition) is 4. The number of carboxylic acids is 1. The fraction of sp³-hybridized carbons (Fsp3) is 0.500. The Morgan fingerprint density at radius 2 is 2.13 bits per heavy atom. The molecule has 15 heavy (non-hydrogen) atoms. The summed E-state index contributed by atoms with van der Waals surface area (Å²) in [5.41, 5.74) is 0.806. The summed E-state index contributed by atoms with van der Waals surface area (Å²) in [6.45, 7) is 5.53. The standard InChI is InChI=1S/C10H15N3O2/c1-6(2)9(10(14)15)13-8-4-7(3)11-5-12-8/h4-6,9H,1-3H3,(H,14,15)(H,11,12,13)/t9-/m1/s1. The third-order valence-electron chi connectivity index (χ3n) is 2.04. The molecule has 0 saturated heterocycles. The monoisotopic (exact) mass is 209 g/mol. The molecule has 1 aromatic heterocycles. The van der Waals surface area contributed by atoms with Crippen molar-refractivity contribution >= 4 is 11.8 Å². The lowest BCUT2D eigenvalue weighted by atomic mass is 10.1. The van der Waals surface area contributed by atoms with Crippen LogP contribution >= 0.6 is 0 Å². The molecular weight excluding hydrogens is 194 g/mol. The topological polar surface area (TPSA) is 75.1 Å². The van der Waals surface area contributed by atoms with Crippen LogP contribution in [0.1, 0.15) is 19.5 Å². The van der Waals surface area contributed by atoms with E-state index in [1.54, 1.807) is 6.07 Å². The number of aromatic nitrogens is 2. The van der Waals surface area contributed by atoms with Gasteiger partial charge in [-0.05, 0) is 12.8 Å². The second kappa shape index (κ2) is 4.72. The minimum Gasteiger partial charge on any atom is -0.480 e. The van der Waals surface area contributed by atoms with Crippen LogP contribution in [-0.2, 0) is 4.79 Å². The Balaban J connectivity index is 2.79. The second-order valence-electron chi connectivity index (χ2n) is 3.75. The Hall–Kier alpha value is -1.65. The number of carboxylic acid groups (broad SMARTS) is 1. The van der Waals surface area contributed by atoms with Gasteiger partial charge in [0, 0.05) is 11.8 Å². The molecule has 0 bridgehead atoms. The lowest BCUT2D eigenvalue weighted by Crippen LogP contribution is -2.34. The first-order valence-electron chi connectivity index (χ1n) is 4.78. The minimum atomic E-state index is -0.874. The smallest absolute Gasteiger partial charge is 0.326 e. The number of carbonyl (C=O) groups is 1. The Bertz CT molecular complexity index is 352. The molecule has 1 aromatic rings. The van der Waals surface area contributed by atoms with E-state index in [0.29, 0.717) is 5.82 Å². The summed E-state index contributed by atoms with van der Waals surface area (Å²) in [7, 11) is 0. The third-order valence-corrected chi connectivity index (χ3v) is 2.04. The van der Waals surface area contributed by atoms with Crippen LogP contribution in [0.5, 0.6) is 0 Å². The Morgan fingerprint density at radius 1 is 1.47 bits per heavy atom. The molecule has 0 aliphatic rings. The first-order valence-corrected chi connectivity index (χ1v) is 4.78. The summed E-state index contributed by atoms with van der Waals surface area (Å²) in [5.74, 6) is -0.331. The van der Waals surface area contributed by atoms with Gasteiger partial charge >= 0.3 is 5.97 Å². The van der Waals surface area contributed by atoms with Gasteiger partial charge in [0.25, 0.3) is 0 Å². The van der Waals surface area contributed by atoms with Crippen LogP contribution < -0.4 is 5.32 Å². The van der Waals surface area contributed by atoms with E-state index in [2.05, 4.69) is 15.3 Å². The van der Waals surface area contributed by atoms with Gasteiger partial charge in [0.2, 0.25) is 0 Å². The van der Waals surface area contributed by atoms with Gasteiger partial charge in [-0.1, -0.05) is 13.8 Å². The number of anilines is 1. The van der Waals surface area contributed by atoms with Crippen molar-refractivity contribution in [3.63, 3.8) is 0 Å². The van der Waals surface area contributed by atoms with Crippen molar-refractivity contribution in [1.29, 1.82) is 0 Å². The van der Waals surface area contributed by atoms with E-state index in [-0.39, 0.29) is 5.92 Å². The highest BCUT2D eigenvalue weighted by molar-refractivity contribution is 5.77. The molecule has 0 radical (unpaired) electrons. The highest BCUT2D eigenvalue weighted by Crippen LogP contribution is 2.10. The van der Waals surface area contributed by atoms with Crippen LogP contribution in [0.25, 0.3) is 0 Å². The van der Waals surface area contributed by atoms with E-state index in [9.17, 15) is 4.79 Å². The fourth-order valence-electron chi connectivity index (χ4n) is 1.21. The summed E-state index contributed by atoms with van der Waals surface area (Å²) >= 11 is 0. The lowest BCUT2D eigenvalue weighted by molar-refractivity contribution is -0.138. The molecule has 0 aliphatic heterocycles. The van der Waals surface area contributed by atoms with Crippen molar-refractivity contribution < 1.29 is 9.90 Å². The predicted molar refractivity (Wildman–Crippen MR) is 56.7 cm³/mol. The van der Waals surface area contributed by atoms with E-state index in [1.165, 1.54) is 6.33 Å². The maximum atomic E-state index is 10.9. The number of nitrogens with zero attached hydrogens (tertiary/aromatic N) is 2. The summed E-state index contributed by atoms with van der Waals surface area (Å²) < 4.78 is 0. The quantitative estimate of drug-likeness (QED) is 0.781. The van der Waals surface area contributed by atoms with E-state index in [1.807, 2.05) is 20.8 Å². The summed E-state index contributed by atoms with van der Waals surface area (Å²) in [4.78, 5) is 18.8. The van der Waals surface area contributed by atoms with Gasteiger partial charge in [-0.25, -0.2) is 14.8 Å². The fourth-order valence-corrected chi connectivity index (χ4v) is 1.21. The molecule has 0 spiro atoms. The highest BCUT2D eigenvalue weighted by Gasteiger charge is 2.21. The van der Waals surface area contributed by atoms with Crippen molar-refractivity contribution in [3.8, 4) is 0 Å². The minimum absolute atomic E-state index is 0.00206. The van der Waals surface area contributed by atoms with Crippen LogP contribution in [0.3, 0.4) is 0 Å². The van der Waals surface area contributed by atoms with Crippen molar-refractivity contribution in [2.24, 2.45) is 5.92 Å². The molecule has 5 heteroatoms. The van der Waals surface area contributed by atoms with Gasteiger partial charge in [0.1, 0.15) is 18.2 Å². The Labute approximate surface area is 88.6 Å². The maximum absolute atomic E-state index is 10.9. The van der Waals surface area contributed by atoms with Crippen LogP contribution in [0.15, 0.2) is 12.4 Å². The molecule has 0 fully saturated rings. The molecule has 0 saturated carbocycles. The van der Waals surface area contributed by atoms with Gasteiger partial charge in [0.05, 0.1) is 0 Å².